The largest absolute Gasteiger partial charge is 0.481 e. The molecule has 6 heteroatoms. The lowest BCUT2D eigenvalue weighted by Gasteiger charge is -2.09. The SMILES string of the molecule is COc1cc(NCCCC(C)C(=O)O)nc(C)n1. The van der Waals surface area contributed by atoms with Gasteiger partial charge in [-0.05, 0) is 19.8 Å². The van der Waals surface area contributed by atoms with Gasteiger partial charge in [-0.15, -0.1) is 0 Å². The Morgan fingerprint density at radius 2 is 2.28 bits per heavy atom. The van der Waals surface area contributed by atoms with Gasteiger partial charge in [0, 0.05) is 12.6 Å². The number of rotatable bonds is 7. The number of hydrogen-bond donors (Lipinski definition) is 2. The third-order valence-corrected chi connectivity index (χ3v) is 2.57. The number of nitrogens with one attached hydrogen (secondary N) is 1. The van der Waals surface area contributed by atoms with E-state index in [1.807, 2.05) is 0 Å². The van der Waals surface area contributed by atoms with Crippen LogP contribution in [0.3, 0.4) is 0 Å². The summed E-state index contributed by atoms with van der Waals surface area (Å²) >= 11 is 0. The highest BCUT2D eigenvalue weighted by Crippen LogP contribution is 2.13. The first-order valence-electron chi connectivity index (χ1n) is 5.89. The van der Waals surface area contributed by atoms with E-state index >= 15 is 0 Å². The molecule has 0 fully saturated rings. The number of aryl methyl sites for hydroxylation is 1. The van der Waals surface area contributed by atoms with E-state index in [1.165, 1.54) is 0 Å². The van der Waals surface area contributed by atoms with Gasteiger partial charge >= 0.3 is 5.97 Å². The molecule has 1 atom stereocenters. The van der Waals surface area contributed by atoms with Crippen molar-refractivity contribution in [3.05, 3.63) is 11.9 Å². The molecule has 100 valence electrons. The third-order valence-electron chi connectivity index (χ3n) is 2.57. The molecule has 1 aromatic rings. The number of hydrogen-bond acceptors (Lipinski definition) is 5. The normalized spacial score (nSPS) is 11.9. The minimum atomic E-state index is -0.755. The van der Waals surface area contributed by atoms with E-state index < -0.39 is 5.97 Å². The van der Waals surface area contributed by atoms with Crippen LogP contribution in [0.25, 0.3) is 0 Å². The van der Waals surface area contributed by atoms with E-state index in [-0.39, 0.29) is 5.92 Å². The molecule has 0 spiro atoms. The highest BCUT2D eigenvalue weighted by Gasteiger charge is 2.09. The molecule has 6 nitrogen and oxygen atoms in total. The standard InChI is InChI=1S/C12H19N3O3/c1-8(12(16)17)5-4-6-13-10-7-11(18-3)15-9(2)14-10/h7-8H,4-6H2,1-3H3,(H,16,17)(H,13,14,15). The van der Waals surface area contributed by atoms with Gasteiger partial charge in [0.15, 0.2) is 0 Å². The van der Waals surface area contributed by atoms with Crippen molar-refractivity contribution >= 4 is 11.8 Å². The summed E-state index contributed by atoms with van der Waals surface area (Å²) in [7, 11) is 1.56. The van der Waals surface area contributed by atoms with Gasteiger partial charge in [-0.3, -0.25) is 4.79 Å². The Balaban J connectivity index is 2.39. The fourth-order valence-electron chi connectivity index (χ4n) is 1.48. The summed E-state index contributed by atoms with van der Waals surface area (Å²) < 4.78 is 5.04. The van der Waals surface area contributed by atoms with Gasteiger partial charge in [-0.25, -0.2) is 4.98 Å². The van der Waals surface area contributed by atoms with Crippen LogP contribution in [-0.4, -0.2) is 34.7 Å². The maximum Gasteiger partial charge on any atom is 0.306 e. The number of carboxylic acids is 1. The summed E-state index contributed by atoms with van der Waals surface area (Å²) in [5, 5.41) is 11.9. The van der Waals surface area contributed by atoms with Crippen molar-refractivity contribution in [2.24, 2.45) is 5.92 Å². The van der Waals surface area contributed by atoms with Gasteiger partial charge in [0.25, 0.3) is 0 Å². The third kappa shape index (κ3) is 4.57. The van der Waals surface area contributed by atoms with E-state index in [1.54, 1.807) is 27.0 Å². The van der Waals surface area contributed by atoms with Crippen LogP contribution in [0.4, 0.5) is 5.82 Å². The van der Waals surface area contributed by atoms with Crippen LogP contribution < -0.4 is 10.1 Å². The quantitative estimate of drug-likeness (QED) is 0.719. The average molecular weight is 253 g/mol. The lowest BCUT2D eigenvalue weighted by atomic mass is 10.1. The van der Waals surface area contributed by atoms with E-state index in [0.717, 1.165) is 6.42 Å². The molecular formula is C12H19N3O3. The Bertz CT molecular complexity index is 410. The molecule has 0 aliphatic rings. The molecule has 1 aromatic heterocycles. The van der Waals surface area contributed by atoms with Crippen LogP contribution in [0.5, 0.6) is 5.88 Å². The number of methoxy groups -OCH3 is 1. The summed E-state index contributed by atoms with van der Waals surface area (Å²) in [5.74, 6) is 0.782. The zero-order valence-corrected chi connectivity index (χ0v) is 10.9. The highest BCUT2D eigenvalue weighted by molar-refractivity contribution is 5.69. The number of anilines is 1. The monoisotopic (exact) mass is 253 g/mol. The van der Waals surface area contributed by atoms with Crippen LogP contribution in [0.1, 0.15) is 25.6 Å². The molecule has 0 radical (unpaired) electrons. The van der Waals surface area contributed by atoms with Gasteiger partial charge in [-0.2, -0.15) is 4.98 Å². The van der Waals surface area contributed by atoms with Crippen LogP contribution in [0.2, 0.25) is 0 Å². The molecular weight excluding hydrogens is 234 g/mol. The summed E-state index contributed by atoms with van der Waals surface area (Å²) in [5.41, 5.74) is 0. The van der Waals surface area contributed by atoms with Crippen molar-refractivity contribution in [2.45, 2.75) is 26.7 Å². The molecule has 1 rings (SSSR count). The van der Waals surface area contributed by atoms with Crippen LogP contribution in [-0.2, 0) is 4.79 Å². The number of nitrogens with zero attached hydrogens (tertiary/aromatic N) is 2. The van der Waals surface area contributed by atoms with E-state index in [2.05, 4.69) is 15.3 Å². The molecule has 0 aliphatic heterocycles. The van der Waals surface area contributed by atoms with Gasteiger partial charge in [0.05, 0.1) is 13.0 Å². The summed E-state index contributed by atoms with van der Waals surface area (Å²) in [6.07, 6.45) is 1.42. The van der Waals surface area contributed by atoms with Gasteiger partial charge < -0.3 is 15.2 Å². The molecule has 0 bridgehead atoms. The van der Waals surface area contributed by atoms with Gasteiger partial charge in [0.1, 0.15) is 11.6 Å². The maximum atomic E-state index is 10.6. The first kappa shape index (κ1) is 14.2. The lowest BCUT2D eigenvalue weighted by Crippen LogP contribution is -2.12. The maximum absolute atomic E-state index is 10.6. The van der Waals surface area contributed by atoms with Crippen molar-refractivity contribution in [1.29, 1.82) is 0 Å². The Morgan fingerprint density at radius 3 is 2.89 bits per heavy atom. The van der Waals surface area contributed by atoms with Gasteiger partial charge in [-0.1, -0.05) is 6.92 Å². The number of carbonyl (C=O) groups is 1. The molecule has 2 N–H and O–H groups in total. The topological polar surface area (TPSA) is 84.3 Å². The minimum absolute atomic E-state index is 0.312. The molecule has 0 amide bonds. The molecule has 0 aliphatic carbocycles. The van der Waals surface area contributed by atoms with Crippen molar-refractivity contribution in [2.75, 3.05) is 19.0 Å². The molecule has 1 heterocycles. The molecule has 0 saturated heterocycles. The second-order valence-corrected chi connectivity index (χ2v) is 4.15. The Hall–Kier alpha value is -1.85. The Morgan fingerprint density at radius 1 is 1.56 bits per heavy atom. The first-order chi connectivity index (χ1) is 8.52. The second kappa shape index (κ2) is 6.78. The van der Waals surface area contributed by atoms with E-state index in [0.29, 0.717) is 30.5 Å². The molecule has 0 aromatic carbocycles. The van der Waals surface area contributed by atoms with Crippen molar-refractivity contribution in [1.82, 2.24) is 9.97 Å². The minimum Gasteiger partial charge on any atom is -0.481 e. The second-order valence-electron chi connectivity index (χ2n) is 4.15. The Kier molecular flexibility index (Phi) is 5.35. The molecule has 18 heavy (non-hydrogen) atoms. The number of aliphatic carboxylic acids is 1. The number of ether oxygens (including phenoxy) is 1. The Labute approximate surface area is 106 Å². The lowest BCUT2D eigenvalue weighted by molar-refractivity contribution is -0.141. The summed E-state index contributed by atoms with van der Waals surface area (Å²) in [6, 6.07) is 1.72. The van der Waals surface area contributed by atoms with Crippen LogP contribution >= 0.6 is 0 Å². The number of carboxylic acid groups (broad SMARTS) is 1. The van der Waals surface area contributed by atoms with Crippen LogP contribution in [0.15, 0.2) is 6.07 Å². The predicted molar refractivity (Wildman–Crippen MR) is 67.8 cm³/mol. The van der Waals surface area contributed by atoms with Crippen molar-refractivity contribution in [3.63, 3.8) is 0 Å². The van der Waals surface area contributed by atoms with E-state index in [9.17, 15) is 4.79 Å². The zero-order valence-electron chi connectivity index (χ0n) is 10.9. The summed E-state index contributed by atoms with van der Waals surface area (Å²) in [4.78, 5) is 18.9. The van der Waals surface area contributed by atoms with Crippen molar-refractivity contribution < 1.29 is 14.6 Å². The van der Waals surface area contributed by atoms with Crippen LogP contribution in [0, 0.1) is 12.8 Å². The molecule has 1 unspecified atom stereocenters. The molecule has 0 saturated carbocycles. The average Bonchev–Trinajstić information content (AvgIpc) is 2.33. The predicted octanol–water partition coefficient (Wildman–Crippen LogP) is 1.71. The number of aromatic nitrogens is 2. The first-order valence-corrected chi connectivity index (χ1v) is 5.89. The highest BCUT2D eigenvalue weighted by atomic mass is 16.5. The summed E-state index contributed by atoms with van der Waals surface area (Å²) in [6.45, 7) is 4.18. The van der Waals surface area contributed by atoms with Gasteiger partial charge in [0.2, 0.25) is 5.88 Å². The fourth-order valence-corrected chi connectivity index (χ4v) is 1.48. The van der Waals surface area contributed by atoms with E-state index in [4.69, 9.17) is 9.84 Å². The smallest absolute Gasteiger partial charge is 0.306 e. The fraction of sp³-hybridized carbons (Fsp3) is 0.583. The van der Waals surface area contributed by atoms with Crippen molar-refractivity contribution in [3.8, 4) is 5.88 Å². The zero-order chi connectivity index (χ0) is 13.5.